The zero-order chi connectivity index (χ0) is 31.2. The van der Waals surface area contributed by atoms with Crippen LogP contribution in [-0.2, 0) is 4.52 Å². The van der Waals surface area contributed by atoms with Crippen molar-refractivity contribution in [3.8, 4) is 28.7 Å². The number of hydrogen-bond donors (Lipinski definition) is 0. The lowest BCUT2D eigenvalue weighted by Gasteiger charge is -2.57. The fourth-order valence-electron chi connectivity index (χ4n) is 6.55. The van der Waals surface area contributed by atoms with Gasteiger partial charge in [0.15, 0.2) is 11.6 Å². The van der Waals surface area contributed by atoms with Crippen molar-refractivity contribution in [1.29, 1.82) is 0 Å². The summed E-state index contributed by atoms with van der Waals surface area (Å²) in [5.41, 5.74) is 3.89. The maximum atomic E-state index is 6.57. The summed E-state index contributed by atoms with van der Waals surface area (Å²) in [6, 6.07) is 40.4. The summed E-state index contributed by atoms with van der Waals surface area (Å²) in [4.78, 5) is 15.3. The van der Waals surface area contributed by atoms with Crippen molar-refractivity contribution in [2.45, 2.75) is 38.5 Å². The van der Waals surface area contributed by atoms with E-state index >= 15 is 0 Å². The van der Waals surface area contributed by atoms with E-state index in [1.54, 1.807) is 0 Å². The maximum Gasteiger partial charge on any atom is 0.238 e. The van der Waals surface area contributed by atoms with Crippen molar-refractivity contribution in [3.63, 3.8) is 0 Å². The largest absolute Gasteiger partial charge is 0.347 e. The second-order valence-corrected chi connectivity index (χ2v) is 16.4. The van der Waals surface area contributed by atoms with Gasteiger partial charge in [0, 0.05) is 52.5 Å². The fraction of sp³-hybridized carbons (Fsp3) is 0.154. The second-order valence-electron chi connectivity index (χ2n) is 12.9. The van der Waals surface area contributed by atoms with Crippen LogP contribution in [0.2, 0.25) is 0 Å². The molecule has 46 heavy (non-hydrogen) atoms. The third-order valence-electron chi connectivity index (χ3n) is 9.68. The van der Waals surface area contributed by atoms with E-state index in [0.717, 1.165) is 22.2 Å². The van der Waals surface area contributed by atoms with Crippen molar-refractivity contribution < 1.29 is 4.52 Å². The zero-order valence-electron chi connectivity index (χ0n) is 26.0. The van der Waals surface area contributed by atoms with E-state index in [2.05, 4.69) is 111 Å². The number of fused-ring (bicyclic) bond motifs is 7. The molecular weight excluding hydrogens is 603 g/mol. The number of rotatable bonds is 4. The van der Waals surface area contributed by atoms with Crippen LogP contribution in [0.3, 0.4) is 0 Å². The van der Waals surface area contributed by atoms with Crippen LogP contribution >= 0.6 is 19.5 Å². The minimum atomic E-state index is -0.778. The van der Waals surface area contributed by atoms with Gasteiger partial charge in [0.25, 0.3) is 0 Å². The van der Waals surface area contributed by atoms with E-state index in [4.69, 9.17) is 19.5 Å². The first kappa shape index (κ1) is 27.8. The molecule has 5 aromatic carbocycles. The maximum absolute atomic E-state index is 6.57. The van der Waals surface area contributed by atoms with Gasteiger partial charge >= 0.3 is 0 Å². The van der Waals surface area contributed by atoms with Gasteiger partial charge in [0.2, 0.25) is 5.95 Å². The van der Waals surface area contributed by atoms with Crippen LogP contribution in [-0.4, -0.2) is 30.3 Å². The van der Waals surface area contributed by atoms with Crippen LogP contribution in [0.15, 0.2) is 115 Å². The Labute approximate surface area is 272 Å². The Kier molecular flexibility index (Phi) is 6.05. The first-order valence-corrected chi connectivity index (χ1v) is 17.6. The molecule has 3 aromatic heterocycles. The molecule has 1 aliphatic heterocycles. The average Bonchev–Trinajstić information content (AvgIpc) is 3.63. The topological polar surface area (TPSA) is 52.8 Å². The lowest BCUT2D eigenvalue weighted by Crippen LogP contribution is -2.56. The van der Waals surface area contributed by atoms with Gasteiger partial charge < -0.3 is 4.52 Å². The number of thiophene rings is 1. The molecule has 9 rings (SSSR count). The molecule has 5 nitrogen and oxygen atoms in total. The third-order valence-corrected chi connectivity index (χ3v) is 13.8. The normalized spacial score (nSPS) is 17.2. The fourth-order valence-corrected chi connectivity index (χ4v) is 10.3. The highest BCUT2D eigenvalue weighted by Crippen LogP contribution is 2.68. The van der Waals surface area contributed by atoms with Crippen molar-refractivity contribution in [1.82, 2.24) is 19.5 Å². The van der Waals surface area contributed by atoms with E-state index in [1.807, 2.05) is 47.7 Å². The quantitative estimate of drug-likeness (QED) is 0.181. The van der Waals surface area contributed by atoms with Gasteiger partial charge in [0.1, 0.15) is 0 Å². The Bertz CT molecular complexity index is 2410. The van der Waals surface area contributed by atoms with Gasteiger partial charge in [0.05, 0.1) is 24.8 Å². The highest BCUT2D eigenvalue weighted by molar-refractivity contribution is 7.64. The third kappa shape index (κ3) is 4.04. The average molecular weight is 635 g/mol. The summed E-state index contributed by atoms with van der Waals surface area (Å²) in [6.07, 6.45) is 0. The molecule has 0 aliphatic carbocycles. The van der Waals surface area contributed by atoms with E-state index in [-0.39, 0.29) is 10.8 Å². The van der Waals surface area contributed by atoms with Crippen LogP contribution < -0.4 is 5.30 Å². The molecule has 1 saturated heterocycles. The molecule has 0 bridgehead atoms. The first-order valence-electron chi connectivity index (χ1n) is 15.6. The predicted molar refractivity (Wildman–Crippen MR) is 194 cm³/mol. The summed E-state index contributed by atoms with van der Waals surface area (Å²) in [5.74, 6) is 1.90. The number of benzene rings is 5. The van der Waals surface area contributed by atoms with E-state index in [1.165, 1.54) is 36.2 Å². The summed E-state index contributed by atoms with van der Waals surface area (Å²) in [6.45, 7) is 9.07. The Morgan fingerprint density at radius 1 is 0.630 bits per heavy atom. The van der Waals surface area contributed by atoms with Gasteiger partial charge in [-0.3, -0.25) is 4.57 Å². The van der Waals surface area contributed by atoms with Gasteiger partial charge in [-0.05, 0) is 38.1 Å². The molecule has 0 radical (unpaired) electrons. The standard InChI is InChI=1S/C39H31N4OPS/c1-38(2)39(3,4)45(44-38)26-19-21-30-29(23-26)33-31(22-20-28-27-17-11-12-18-32(27)46-34(28)33)43(30)37-41-35(24-13-7-5-8-14-24)40-36(42-37)25-15-9-6-10-16-25/h5-23H,1-4H3. The van der Waals surface area contributed by atoms with E-state index in [9.17, 15) is 0 Å². The molecule has 0 spiro atoms. The summed E-state index contributed by atoms with van der Waals surface area (Å²) in [5, 5.41) is 6.30. The lowest BCUT2D eigenvalue weighted by atomic mass is 9.93. The second kappa shape index (κ2) is 10.0. The van der Waals surface area contributed by atoms with E-state index in [0.29, 0.717) is 17.6 Å². The molecule has 1 unspecified atom stereocenters. The minimum absolute atomic E-state index is 0.0602. The lowest BCUT2D eigenvalue weighted by molar-refractivity contribution is 0.0289. The molecule has 1 atom stereocenters. The van der Waals surface area contributed by atoms with Crippen molar-refractivity contribution in [3.05, 3.63) is 115 Å². The van der Waals surface area contributed by atoms with Gasteiger partial charge in [-0.15, -0.1) is 11.3 Å². The molecule has 4 heterocycles. The predicted octanol–water partition coefficient (Wildman–Crippen LogP) is 10.3. The van der Waals surface area contributed by atoms with Crippen molar-refractivity contribution in [2.75, 3.05) is 0 Å². The molecule has 1 aliphatic rings. The molecular formula is C39H31N4OPS. The SMILES string of the molecule is CC1(C)OP(c2ccc3c(c2)c2c4sc5ccccc5c4ccc2n3-c2nc(-c3ccccc3)nc(-c3ccccc3)n2)C1(C)C. The van der Waals surface area contributed by atoms with Crippen LogP contribution in [0.5, 0.6) is 0 Å². The number of nitrogens with zero attached hydrogens (tertiary/aromatic N) is 4. The minimum Gasteiger partial charge on any atom is -0.347 e. The van der Waals surface area contributed by atoms with Crippen LogP contribution in [0.4, 0.5) is 0 Å². The Hall–Kier alpha value is -4.48. The smallest absolute Gasteiger partial charge is 0.238 e. The van der Waals surface area contributed by atoms with Gasteiger partial charge in [-0.25, -0.2) is 4.98 Å². The Morgan fingerprint density at radius 3 is 1.91 bits per heavy atom. The van der Waals surface area contributed by atoms with Crippen molar-refractivity contribution >= 4 is 66.8 Å². The monoisotopic (exact) mass is 634 g/mol. The number of aromatic nitrogens is 4. The van der Waals surface area contributed by atoms with E-state index < -0.39 is 8.15 Å². The Morgan fingerprint density at radius 2 is 1.26 bits per heavy atom. The van der Waals surface area contributed by atoms with Crippen LogP contribution in [0.25, 0.3) is 70.7 Å². The summed E-state index contributed by atoms with van der Waals surface area (Å²) >= 11 is 1.86. The Balaban J connectivity index is 1.37. The molecule has 8 aromatic rings. The van der Waals surface area contributed by atoms with Crippen molar-refractivity contribution in [2.24, 2.45) is 0 Å². The highest BCUT2D eigenvalue weighted by Gasteiger charge is 2.56. The molecule has 0 saturated carbocycles. The molecule has 0 N–H and O–H groups in total. The van der Waals surface area contributed by atoms with Crippen LogP contribution in [0, 0.1) is 0 Å². The summed E-state index contributed by atoms with van der Waals surface area (Å²) in [7, 11) is -0.778. The summed E-state index contributed by atoms with van der Waals surface area (Å²) < 4.78 is 11.4. The zero-order valence-corrected chi connectivity index (χ0v) is 27.7. The molecule has 0 amide bonds. The first-order chi connectivity index (χ1) is 22.3. The molecule has 224 valence electrons. The number of hydrogen-bond acceptors (Lipinski definition) is 5. The van der Waals surface area contributed by atoms with Crippen LogP contribution in [0.1, 0.15) is 27.7 Å². The van der Waals surface area contributed by atoms with Gasteiger partial charge in [-0.2, -0.15) is 9.97 Å². The molecule has 7 heteroatoms. The highest BCUT2D eigenvalue weighted by atomic mass is 32.1. The van der Waals surface area contributed by atoms with Gasteiger partial charge in [-0.1, -0.05) is 105 Å². The molecule has 1 fully saturated rings.